The number of methoxy groups -OCH3 is 1. The first kappa shape index (κ1) is 34.8. The van der Waals surface area contributed by atoms with Gasteiger partial charge in [0.2, 0.25) is 0 Å². The minimum Gasteiger partial charge on any atom is -0.497 e. The first-order valence-corrected chi connectivity index (χ1v) is 15.9. The standard InChI is InChI=1S/C21H20N2O3.C20H18N2O2/c1-13-7-8-19(18(9-13)21(24)25)23-16-10-14(2)20(22-12-16)15-5-4-6-17(11-15)26-3;1-13-8-9-18(17(10-13)20(23)24)22-16-11-14(2)19(21-12-16)15-6-4-3-5-7-15/h4-12,23H,1-3H3,(H,24,25);3-12,22H,1-2H3,(H,23,24). The van der Waals surface area contributed by atoms with Crippen molar-refractivity contribution >= 4 is 34.7 Å². The van der Waals surface area contributed by atoms with Gasteiger partial charge in [-0.2, -0.15) is 0 Å². The van der Waals surface area contributed by atoms with Crippen LogP contribution in [0.1, 0.15) is 43.0 Å². The lowest BCUT2D eigenvalue weighted by Gasteiger charge is -2.13. The van der Waals surface area contributed by atoms with E-state index < -0.39 is 11.9 Å². The summed E-state index contributed by atoms with van der Waals surface area (Å²) in [7, 11) is 1.63. The molecule has 4 N–H and O–H groups in total. The molecule has 0 atom stereocenters. The van der Waals surface area contributed by atoms with E-state index in [1.807, 2.05) is 107 Å². The van der Waals surface area contributed by atoms with Gasteiger partial charge in [-0.15, -0.1) is 0 Å². The fourth-order valence-electron chi connectivity index (χ4n) is 5.46. The van der Waals surface area contributed by atoms with E-state index >= 15 is 0 Å². The van der Waals surface area contributed by atoms with Crippen LogP contribution in [0.3, 0.4) is 0 Å². The lowest BCUT2D eigenvalue weighted by molar-refractivity contribution is 0.0687. The van der Waals surface area contributed by atoms with Crippen LogP contribution in [-0.2, 0) is 0 Å². The molecule has 0 aliphatic rings. The van der Waals surface area contributed by atoms with Crippen LogP contribution in [0.15, 0.2) is 116 Å². The minimum atomic E-state index is -0.964. The predicted octanol–water partition coefficient (Wildman–Crippen LogP) is 9.62. The highest BCUT2D eigenvalue weighted by Crippen LogP contribution is 2.29. The Hall–Kier alpha value is -6.48. The summed E-state index contributed by atoms with van der Waals surface area (Å²) in [5.41, 5.74) is 10.7. The molecular weight excluding hydrogens is 628 g/mol. The highest BCUT2D eigenvalue weighted by Gasteiger charge is 2.13. The number of ether oxygens (including phenoxy) is 1. The average molecular weight is 667 g/mol. The lowest BCUT2D eigenvalue weighted by Crippen LogP contribution is -2.04. The fraction of sp³-hybridized carbons (Fsp3) is 0.122. The largest absolute Gasteiger partial charge is 0.497 e. The molecule has 0 saturated carbocycles. The number of hydrogen-bond acceptors (Lipinski definition) is 7. The Balaban J connectivity index is 0.000000195. The number of rotatable bonds is 9. The van der Waals surface area contributed by atoms with Crippen molar-refractivity contribution in [2.45, 2.75) is 27.7 Å². The van der Waals surface area contributed by atoms with Gasteiger partial charge in [0.25, 0.3) is 0 Å². The van der Waals surface area contributed by atoms with Crippen LogP contribution in [0, 0.1) is 27.7 Å². The maximum Gasteiger partial charge on any atom is 0.337 e. The van der Waals surface area contributed by atoms with E-state index in [9.17, 15) is 19.8 Å². The molecule has 2 heterocycles. The summed E-state index contributed by atoms with van der Waals surface area (Å²) in [6, 6.07) is 32.2. The Bertz CT molecular complexity index is 2170. The van der Waals surface area contributed by atoms with Gasteiger partial charge in [0.1, 0.15) is 5.75 Å². The van der Waals surface area contributed by atoms with E-state index in [-0.39, 0.29) is 11.1 Å². The third-order valence-electron chi connectivity index (χ3n) is 7.92. The molecule has 0 saturated heterocycles. The monoisotopic (exact) mass is 666 g/mol. The molecule has 9 nitrogen and oxygen atoms in total. The molecule has 9 heteroatoms. The third kappa shape index (κ3) is 8.51. The van der Waals surface area contributed by atoms with Gasteiger partial charge >= 0.3 is 11.9 Å². The highest BCUT2D eigenvalue weighted by molar-refractivity contribution is 5.96. The Labute approximate surface area is 291 Å². The van der Waals surface area contributed by atoms with Crippen LogP contribution in [-0.4, -0.2) is 39.2 Å². The molecule has 50 heavy (non-hydrogen) atoms. The topological polar surface area (TPSA) is 134 Å². The van der Waals surface area contributed by atoms with Gasteiger partial charge in [-0.1, -0.05) is 65.7 Å². The summed E-state index contributed by atoms with van der Waals surface area (Å²) in [5, 5.41) is 25.1. The summed E-state index contributed by atoms with van der Waals surface area (Å²) in [6.07, 6.45) is 3.42. The summed E-state index contributed by atoms with van der Waals surface area (Å²) in [6.45, 7) is 7.70. The summed E-state index contributed by atoms with van der Waals surface area (Å²) < 4.78 is 5.27. The van der Waals surface area contributed by atoms with E-state index in [1.165, 1.54) is 0 Å². The molecule has 6 aromatic rings. The molecule has 2 aromatic heterocycles. The molecule has 0 bridgehead atoms. The van der Waals surface area contributed by atoms with Crippen LogP contribution in [0.4, 0.5) is 22.7 Å². The van der Waals surface area contributed by atoms with Gasteiger partial charge in [0.15, 0.2) is 0 Å². The van der Waals surface area contributed by atoms with E-state index in [1.54, 1.807) is 43.8 Å². The predicted molar refractivity (Wildman–Crippen MR) is 198 cm³/mol. The molecule has 0 fully saturated rings. The zero-order valence-corrected chi connectivity index (χ0v) is 28.5. The third-order valence-corrected chi connectivity index (χ3v) is 7.92. The van der Waals surface area contributed by atoms with Crippen molar-refractivity contribution in [3.63, 3.8) is 0 Å². The van der Waals surface area contributed by atoms with Crippen molar-refractivity contribution < 1.29 is 24.5 Å². The first-order valence-electron chi connectivity index (χ1n) is 15.9. The van der Waals surface area contributed by atoms with Gasteiger partial charge in [-0.25, -0.2) is 9.59 Å². The Morgan fingerprint density at radius 2 is 1.06 bits per heavy atom. The number of pyridine rings is 2. The number of carboxylic acid groups (broad SMARTS) is 2. The smallest absolute Gasteiger partial charge is 0.337 e. The van der Waals surface area contributed by atoms with Gasteiger partial charge in [-0.05, 0) is 87.4 Å². The van der Waals surface area contributed by atoms with Crippen molar-refractivity contribution in [2.75, 3.05) is 17.7 Å². The summed E-state index contributed by atoms with van der Waals surface area (Å²) in [5.74, 6) is -1.14. The second-order valence-electron chi connectivity index (χ2n) is 11.8. The average Bonchev–Trinajstić information content (AvgIpc) is 3.10. The molecule has 6 rings (SSSR count). The van der Waals surface area contributed by atoms with Crippen molar-refractivity contribution in [3.05, 3.63) is 149 Å². The molecule has 0 radical (unpaired) electrons. The van der Waals surface area contributed by atoms with E-state index in [0.29, 0.717) is 11.4 Å². The van der Waals surface area contributed by atoms with Crippen molar-refractivity contribution in [1.29, 1.82) is 0 Å². The number of hydrogen-bond donors (Lipinski definition) is 4. The number of nitrogens with zero attached hydrogens (tertiary/aromatic N) is 2. The normalized spacial score (nSPS) is 10.4. The molecule has 0 aliphatic carbocycles. The van der Waals surface area contributed by atoms with Crippen molar-refractivity contribution in [2.24, 2.45) is 0 Å². The van der Waals surface area contributed by atoms with Crippen LogP contribution in [0.25, 0.3) is 22.5 Å². The number of anilines is 4. The number of aromatic nitrogens is 2. The Morgan fingerprint density at radius 1 is 0.580 bits per heavy atom. The number of aryl methyl sites for hydroxylation is 4. The van der Waals surface area contributed by atoms with E-state index in [0.717, 1.165) is 61.9 Å². The maximum absolute atomic E-state index is 11.5. The molecule has 0 aliphatic heterocycles. The lowest BCUT2D eigenvalue weighted by atomic mass is 10.1. The zero-order chi connectivity index (χ0) is 35.8. The van der Waals surface area contributed by atoms with E-state index in [4.69, 9.17) is 4.74 Å². The molecule has 0 amide bonds. The number of nitrogens with one attached hydrogen (secondary N) is 2. The Morgan fingerprint density at radius 3 is 1.52 bits per heavy atom. The number of aromatic carboxylic acids is 2. The minimum absolute atomic E-state index is 0.236. The van der Waals surface area contributed by atoms with Crippen LogP contribution < -0.4 is 15.4 Å². The zero-order valence-electron chi connectivity index (χ0n) is 28.5. The van der Waals surface area contributed by atoms with Gasteiger partial charge < -0.3 is 25.6 Å². The fourth-order valence-corrected chi connectivity index (χ4v) is 5.46. The maximum atomic E-state index is 11.5. The van der Waals surface area contributed by atoms with Crippen LogP contribution in [0.5, 0.6) is 5.75 Å². The summed E-state index contributed by atoms with van der Waals surface area (Å²) >= 11 is 0. The van der Waals surface area contributed by atoms with Gasteiger partial charge in [-0.3, -0.25) is 9.97 Å². The molecule has 252 valence electrons. The number of carbonyl (C=O) groups is 2. The summed E-state index contributed by atoms with van der Waals surface area (Å²) in [4.78, 5) is 32.0. The molecule has 0 spiro atoms. The van der Waals surface area contributed by atoms with Crippen LogP contribution in [0.2, 0.25) is 0 Å². The highest BCUT2D eigenvalue weighted by atomic mass is 16.5. The van der Waals surface area contributed by atoms with Gasteiger partial charge in [0.05, 0.1) is 64.8 Å². The van der Waals surface area contributed by atoms with Crippen molar-refractivity contribution in [3.8, 4) is 28.3 Å². The SMILES string of the molecule is COc1cccc(-c2ncc(Nc3ccc(C)cc3C(=O)O)cc2C)c1.Cc1ccc(Nc2cnc(-c3ccccc3)c(C)c2)c(C(=O)O)c1. The Kier molecular flexibility index (Phi) is 10.9. The first-order chi connectivity index (χ1) is 24.0. The molecule has 4 aromatic carbocycles. The quantitative estimate of drug-likeness (QED) is 0.119. The van der Waals surface area contributed by atoms with Crippen LogP contribution >= 0.6 is 0 Å². The van der Waals surface area contributed by atoms with Gasteiger partial charge in [0, 0.05) is 11.1 Å². The molecular formula is C41H38N4O5. The molecule has 0 unspecified atom stereocenters. The second-order valence-corrected chi connectivity index (χ2v) is 11.8. The number of benzene rings is 4. The second kappa shape index (κ2) is 15.6. The van der Waals surface area contributed by atoms with E-state index in [2.05, 4.69) is 20.6 Å². The number of carboxylic acids is 2. The van der Waals surface area contributed by atoms with Crippen molar-refractivity contribution in [1.82, 2.24) is 9.97 Å².